The third-order valence-corrected chi connectivity index (χ3v) is 5.52. The Hall–Kier alpha value is -4.19. The molecule has 2 heterocycles. The Morgan fingerprint density at radius 2 is 1.94 bits per heavy atom. The number of ketones is 1. The fourth-order valence-corrected chi connectivity index (χ4v) is 3.92. The predicted octanol–water partition coefficient (Wildman–Crippen LogP) is 5.05. The summed E-state index contributed by atoms with van der Waals surface area (Å²) < 4.78 is 5.77. The molecule has 0 saturated carbocycles. The molecule has 1 atom stereocenters. The Morgan fingerprint density at radius 3 is 2.68 bits per heavy atom. The van der Waals surface area contributed by atoms with Crippen molar-refractivity contribution >= 4 is 17.8 Å². The van der Waals surface area contributed by atoms with E-state index in [2.05, 4.69) is 4.98 Å². The van der Waals surface area contributed by atoms with Gasteiger partial charge in [0.2, 0.25) is 0 Å². The van der Waals surface area contributed by atoms with Crippen LogP contribution in [0.4, 0.5) is 0 Å². The van der Waals surface area contributed by atoms with Crippen LogP contribution in [0.1, 0.15) is 36.1 Å². The standard InChI is InChI=1S/C28H26N2O4/c1-2-16-34-23-12-6-11-22(17-23)26-25(24(31)14-13-20-8-4-3-5-9-20)27(32)28(33)30(26)19-21-10-7-15-29-18-21/h3-15,17-18,26,32H,2,16,19H2,1H3. The molecule has 0 bridgehead atoms. The van der Waals surface area contributed by atoms with Crippen LogP contribution in [0.15, 0.2) is 96.5 Å². The molecule has 0 saturated heterocycles. The van der Waals surface area contributed by atoms with Crippen molar-refractivity contribution in [2.75, 3.05) is 6.61 Å². The summed E-state index contributed by atoms with van der Waals surface area (Å²) in [5, 5.41) is 10.8. The van der Waals surface area contributed by atoms with Crippen LogP contribution in [0, 0.1) is 0 Å². The summed E-state index contributed by atoms with van der Waals surface area (Å²) in [7, 11) is 0. The molecular weight excluding hydrogens is 428 g/mol. The SMILES string of the molecule is CCCOc1cccc(C2C(C(=O)C=Cc3ccccc3)=C(O)C(=O)N2Cc2cccnc2)c1. The van der Waals surface area contributed by atoms with Crippen LogP contribution in [-0.2, 0) is 16.1 Å². The van der Waals surface area contributed by atoms with Crippen LogP contribution in [0.2, 0.25) is 0 Å². The van der Waals surface area contributed by atoms with Gasteiger partial charge in [-0.2, -0.15) is 0 Å². The molecular formula is C28H26N2O4. The Kier molecular flexibility index (Phi) is 7.18. The van der Waals surface area contributed by atoms with Gasteiger partial charge in [-0.25, -0.2) is 0 Å². The normalized spacial score (nSPS) is 15.9. The van der Waals surface area contributed by atoms with Gasteiger partial charge in [0.05, 0.1) is 18.2 Å². The van der Waals surface area contributed by atoms with Gasteiger partial charge >= 0.3 is 0 Å². The third kappa shape index (κ3) is 5.07. The van der Waals surface area contributed by atoms with Crippen molar-refractivity contribution in [1.82, 2.24) is 9.88 Å². The molecule has 0 radical (unpaired) electrons. The number of ether oxygens (including phenoxy) is 1. The van der Waals surface area contributed by atoms with Gasteiger partial charge in [-0.15, -0.1) is 0 Å². The second-order valence-corrected chi connectivity index (χ2v) is 7.99. The van der Waals surface area contributed by atoms with E-state index in [0.29, 0.717) is 17.9 Å². The predicted molar refractivity (Wildman–Crippen MR) is 130 cm³/mol. The maximum absolute atomic E-state index is 13.3. The quantitative estimate of drug-likeness (QED) is 0.458. The van der Waals surface area contributed by atoms with Crippen LogP contribution >= 0.6 is 0 Å². The van der Waals surface area contributed by atoms with Gasteiger partial charge in [0, 0.05) is 18.9 Å². The van der Waals surface area contributed by atoms with Gasteiger partial charge in [0.15, 0.2) is 11.5 Å². The van der Waals surface area contributed by atoms with Gasteiger partial charge in [0.25, 0.3) is 5.91 Å². The summed E-state index contributed by atoms with van der Waals surface area (Å²) in [6, 6.07) is 19.6. The molecule has 172 valence electrons. The van der Waals surface area contributed by atoms with E-state index >= 15 is 0 Å². The molecule has 1 amide bonds. The van der Waals surface area contributed by atoms with Gasteiger partial charge < -0.3 is 14.7 Å². The van der Waals surface area contributed by atoms with E-state index in [-0.39, 0.29) is 12.1 Å². The summed E-state index contributed by atoms with van der Waals surface area (Å²) in [5.41, 5.74) is 2.37. The zero-order valence-corrected chi connectivity index (χ0v) is 18.9. The number of amides is 1. The average Bonchev–Trinajstić information content (AvgIpc) is 3.12. The molecule has 0 aliphatic carbocycles. The highest BCUT2D eigenvalue weighted by Crippen LogP contribution is 2.40. The van der Waals surface area contributed by atoms with Gasteiger partial charge in [-0.05, 0) is 47.4 Å². The summed E-state index contributed by atoms with van der Waals surface area (Å²) in [5.74, 6) is -0.902. The summed E-state index contributed by atoms with van der Waals surface area (Å²) >= 11 is 0. The second-order valence-electron chi connectivity index (χ2n) is 7.99. The molecule has 1 aromatic heterocycles. The lowest BCUT2D eigenvalue weighted by Crippen LogP contribution is -2.30. The van der Waals surface area contributed by atoms with E-state index < -0.39 is 23.5 Å². The number of aromatic nitrogens is 1. The number of hydrogen-bond donors (Lipinski definition) is 1. The van der Waals surface area contributed by atoms with E-state index in [9.17, 15) is 14.7 Å². The first-order valence-electron chi connectivity index (χ1n) is 11.2. The number of allylic oxidation sites excluding steroid dienone is 1. The molecule has 4 rings (SSSR count). The molecule has 3 aromatic rings. The van der Waals surface area contributed by atoms with E-state index in [0.717, 1.165) is 17.5 Å². The van der Waals surface area contributed by atoms with E-state index in [4.69, 9.17) is 4.74 Å². The smallest absolute Gasteiger partial charge is 0.290 e. The summed E-state index contributed by atoms with van der Waals surface area (Å²) in [6.45, 7) is 2.77. The van der Waals surface area contributed by atoms with Crippen molar-refractivity contribution in [3.8, 4) is 5.75 Å². The number of benzene rings is 2. The van der Waals surface area contributed by atoms with E-state index in [1.54, 1.807) is 24.5 Å². The maximum atomic E-state index is 13.3. The van der Waals surface area contributed by atoms with Crippen LogP contribution in [0.5, 0.6) is 5.75 Å². The van der Waals surface area contributed by atoms with Crippen LogP contribution in [0.3, 0.4) is 0 Å². The Morgan fingerprint density at radius 1 is 1.12 bits per heavy atom. The Bertz CT molecular complexity index is 1220. The molecule has 0 fully saturated rings. The van der Waals surface area contributed by atoms with Gasteiger partial charge in [0.1, 0.15) is 5.75 Å². The topological polar surface area (TPSA) is 79.7 Å². The minimum absolute atomic E-state index is 0.0497. The molecule has 2 aromatic carbocycles. The second kappa shape index (κ2) is 10.6. The van der Waals surface area contributed by atoms with Crippen molar-refractivity contribution in [3.63, 3.8) is 0 Å². The molecule has 1 aliphatic rings. The molecule has 1 aliphatic heterocycles. The highest BCUT2D eigenvalue weighted by molar-refractivity contribution is 6.14. The highest BCUT2D eigenvalue weighted by Gasteiger charge is 2.43. The van der Waals surface area contributed by atoms with E-state index in [1.165, 1.54) is 11.0 Å². The number of rotatable bonds is 9. The molecule has 6 heteroatoms. The van der Waals surface area contributed by atoms with Crippen molar-refractivity contribution in [3.05, 3.63) is 113 Å². The molecule has 1 N–H and O–H groups in total. The molecule has 6 nitrogen and oxygen atoms in total. The highest BCUT2D eigenvalue weighted by atomic mass is 16.5. The summed E-state index contributed by atoms with van der Waals surface area (Å²) in [6.07, 6.45) is 7.24. The van der Waals surface area contributed by atoms with Crippen LogP contribution in [-0.4, -0.2) is 33.3 Å². The first kappa shape index (κ1) is 23.0. The lowest BCUT2D eigenvalue weighted by Gasteiger charge is -2.27. The monoisotopic (exact) mass is 454 g/mol. The number of nitrogens with zero attached hydrogens (tertiary/aromatic N) is 2. The van der Waals surface area contributed by atoms with Crippen molar-refractivity contribution in [2.45, 2.75) is 25.9 Å². The summed E-state index contributed by atoms with van der Waals surface area (Å²) in [4.78, 5) is 32.0. The van der Waals surface area contributed by atoms with Gasteiger partial charge in [-0.1, -0.05) is 61.5 Å². The number of carbonyl (C=O) groups excluding carboxylic acids is 2. The van der Waals surface area contributed by atoms with Crippen LogP contribution < -0.4 is 4.74 Å². The largest absolute Gasteiger partial charge is 0.503 e. The maximum Gasteiger partial charge on any atom is 0.290 e. The Labute approximate surface area is 198 Å². The zero-order chi connectivity index (χ0) is 23.9. The average molecular weight is 455 g/mol. The first-order chi connectivity index (χ1) is 16.6. The fourth-order valence-electron chi connectivity index (χ4n) is 3.92. The lowest BCUT2D eigenvalue weighted by atomic mass is 9.95. The van der Waals surface area contributed by atoms with Crippen LogP contribution in [0.25, 0.3) is 6.08 Å². The van der Waals surface area contributed by atoms with Crippen molar-refractivity contribution < 1.29 is 19.4 Å². The van der Waals surface area contributed by atoms with Crippen molar-refractivity contribution in [1.29, 1.82) is 0 Å². The third-order valence-electron chi connectivity index (χ3n) is 5.52. The fraction of sp³-hybridized carbons (Fsp3) is 0.179. The number of aliphatic hydroxyl groups is 1. The van der Waals surface area contributed by atoms with E-state index in [1.807, 2.05) is 67.6 Å². The number of hydrogen-bond acceptors (Lipinski definition) is 5. The lowest BCUT2D eigenvalue weighted by molar-refractivity contribution is -0.130. The molecule has 34 heavy (non-hydrogen) atoms. The number of pyridine rings is 1. The van der Waals surface area contributed by atoms with Gasteiger partial charge in [-0.3, -0.25) is 14.6 Å². The number of aliphatic hydroxyl groups excluding tert-OH is 1. The van der Waals surface area contributed by atoms with Crippen molar-refractivity contribution in [2.24, 2.45) is 0 Å². The molecule has 1 unspecified atom stereocenters. The Balaban J connectivity index is 1.72. The number of carbonyl (C=O) groups is 2. The minimum atomic E-state index is -0.759. The minimum Gasteiger partial charge on any atom is -0.503 e. The first-order valence-corrected chi connectivity index (χ1v) is 11.2. The zero-order valence-electron chi connectivity index (χ0n) is 18.9. The molecule has 0 spiro atoms.